The maximum absolute atomic E-state index is 12.7. The molecule has 1 aliphatic heterocycles. The molecule has 10 heteroatoms. The first-order valence-electron chi connectivity index (χ1n) is 7.94. The molecule has 1 aliphatic rings. The minimum absolute atomic E-state index is 0.171. The van der Waals surface area contributed by atoms with E-state index in [1.54, 1.807) is 12.1 Å². The van der Waals surface area contributed by atoms with Crippen LogP contribution in [0.4, 0.5) is 5.82 Å². The molecule has 26 heavy (non-hydrogen) atoms. The predicted molar refractivity (Wildman–Crippen MR) is 95.1 cm³/mol. The summed E-state index contributed by atoms with van der Waals surface area (Å²) in [5.41, 5.74) is 6.02. The zero-order valence-corrected chi connectivity index (χ0v) is 15.0. The Morgan fingerprint density at radius 2 is 1.77 bits per heavy atom. The van der Waals surface area contributed by atoms with Gasteiger partial charge in [-0.1, -0.05) is 12.1 Å². The molecule has 1 fully saturated rings. The van der Waals surface area contributed by atoms with Gasteiger partial charge in [0, 0.05) is 31.7 Å². The van der Waals surface area contributed by atoms with Crippen molar-refractivity contribution in [3.05, 3.63) is 36.2 Å². The Kier molecular flexibility index (Phi) is 4.90. The third-order valence-electron chi connectivity index (χ3n) is 4.25. The van der Waals surface area contributed by atoms with Crippen molar-refractivity contribution in [1.82, 2.24) is 19.2 Å². The van der Waals surface area contributed by atoms with Gasteiger partial charge in [0.15, 0.2) is 11.5 Å². The zero-order chi connectivity index (χ0) is 18.9. The van der Waals surface area contributed by atoms with E-state index in [2.05, 4.69) is 14.9 Å². The minimum Gasteiger partial charge on any atom is -0.476 e. The molecule has 0 saturated carbocycles. The number of nitrogen functional groups attached to an aromatic ring is 1. The van der Waals surface area contributed by atoms with E-state index in [0.717, 1.165) is 0 Å². The van der Waals surface area contributed by atoms with Crippen LogP contribution in [0.5, 0.6) is 0 Å². The van der Waals surface area contributed by atoms with Gasteiger partial charge in [-0.25, -0.2) is 23.2 Å². The quantitative estimate of drug-likeness (QED) is 0.781. The fraction of sp³-hybridized carbons (Fsp3) is 0.312. The molecule has 9 nitrogen and oxygen atoms in total. The Bertz CT molecular complexity index is 922. The van der Waals surface area contributed by atoms with Gasteiger partial charge in [-0.3, -0.25) is 0 Å². The Labute approximate surface area is 151 Å². The first-order valence-corrected chi connectivity index (χ1v) is 9.38. The van der Waals surface area contributed by atoms with E-state index in [1.165, 1.54) is 22.6 Å². The summed E-state index contributed by atoms with van der Waals surface area (Å²) in [7, 11) is -1.60. The molecule has 0 spiro atoms. The second kappa shape index (κ2) is 6.98. The average molecular weight is 377 g/mol. The molecule has 0 amide bonds. The van der Waals surface area contributed by atoms with Crippen LogP contribution in [-0.2, 0) is 10.0 Å². The number of carboxylic acid groups (broad SMARTS) is 1. The lowest BCUT2D eigenvalue weighted by atomic mass is 10.1. The monoisotopic (exact) mass is 377 g/mol. The largest absolute Gasteiger partial charge is 0.476 e. The van der Waals surface area contributed by atoms with Gasteiger partial charge in [-0.2, -0.15) is 4.31 Å². The second-order valence-corrected chi connectivity index (χ2v) is 7.96. The number of aromatic nitrogens is 2. The van der Waals surface area contributed by atoms with Crippen LogP contribution in [0.15, 0.2) is 35.4 Å². The third-order valence-corrected chi connectivity index (χ3v) is 6.17. The summed E-state index contributed by atoms with van der Waals surface area (Å²) in [6, 6.07) is 6.13. The molecule has 0 aliphatic carbocycles. The number of carbonyl (C=O) groups is 1. The lowest BCUT2D eigenvalue weighted by Gasteiger charge is -2.31. The number of likely N-dealkylation sites (N-methyl/N-ethyl adjacent to an activating group) is 1. The molecule has 1 aromatic heterocycles. The van der Waals surface area contributed by atoms with Crippen molar-refractivity contribution in [2.24, 2.45) is 0 Å². The highest BCUT2D eigenvalue weighted by Gasteiger charge is 2.27. The normalized spacial score (nSPS) is 16.5. The summed E-state index contributed by atoms with van der Waals surface area (Å²) in [5, 5.41) is 9.08. The number of benzene rings is 1. The minimum atomic E-state index is -3.56. The lowest BCUT2D eigenvalue weighted by molar-refractivity contribution is 0.0691. The van der Waals surface area contributed by atoms with Crippen LogP contribution in [-0.4, -0.2) is 71.9 Å². The number of nitrogens with two attached hydrogens (primary N) is 1. The molecular weight excluding hydrogens is 358 g/mol. The van der Waals surface area contributed by atoms with Crippen LogP contribution >= 0.6 is 0 Å². The molecule has 0 unspecified atom stereocenters. The molecule has 2 heterocycles. The van der Waals surface area contributed by atoms with Gasteiger partial charge in [0.1, 0.15) is 0 Å². The number of hydrogen-bond acceptors (Lipinski definition) is 7. The van der Waals surface area contributed by atoms with Gasteiger partial charge in [-0.15, -0.1) is 0 Å². The second-order valence-electron chi connectivity index (χ2n) is 6.03. The molecule has 3 rings (SSSR count). The molecule has 1 saturated heterocycles. The number of carboxylic acids is 1. The van der Waals surface area contributed by atoms with E-state index in [1.807, 2.05) is 7.05 Å². The van der Waals surface area contributed by atoms with Crippen molar-refractivity contribution >= 4 is 21.8 Å². The topological polar surface area (TPSA) is 130 Å². The van der Waals surface area contributed by atoms with Gasteiger partial charge in [0.2, 0.25) is 10.0 Å². The molecule has 0 bridgehead atoms. The summed E-state index contributed by atoms with van der Waals surface area (Å²) < 4.78 is 26.9. The summed E-state index contributed by atoms with van der Waals surface area (Å²) in [4.78, 5) is 21.2. The molecular formula is C16H19N5O4S. The van der Waals surface area contributed by atoms with Gasteiger partial charge in [0.05, 0.1) is 16.8 Å². The number of hydrogen-bond donors (Lipinski definition) is 2. The standard InChI is InChI=1S/C16H19N5O4S/c1-20-6-8-21(9-7-20)26(24,25)12-4-2-11(3-5-12)13-10-18-15(17)14(19-13)16(22)23/h2-5,10H,6-9H2,1H3,(H2,17,18)(H,22,23). The smallest absolute Gasteiger partial charge is 0.358 e. The van der Waals surface area contributed by atoms with E-state index >= 15 is 0 Å². The van der Waals surface area contributed by atoms with Crippen molar-refractivity contribution < 1.29 is 18.3 Å². The fourth-order valence-corrected chi connectivity index (χ4v) is 4.09. The van der Waals surface area contributed by atoms with E-state index < -0.39 is 16.0 Å². The van der Waals surface area contributed by atoms with Gasteiger partial charge in [-0.05, 0) is 19.2 Å². The molecule has 3 N–H and O–H groups in total. The average Bonchev–Trinajstić information content (AvgIpc) is 2.62. The summed E-state index contributed by atoms with van der Waals surface area (Å²) in [5.74, 6) is -1.44. The number of aromatic carboxylic acids is 1. The molecule has 138 valence electrons. The number of anilines is 1. The highest BCUT2D eigenvalue weighted by molar-refractivity contribution is 7.89. The van der Waals surface area contributed by atoms with Gasteiger partial charge < -0.3 is 15.7 Å². The van der Waals surface area contributed by atoms with Crippen LogP contribution in [0.1, 0.15) is 10.5 Å². The highest BCUT2D eigenvalue weighted by Crippen LogP contribution is 2.23. The maximum Gasteiger partial charge on any atom is 0.358 e. The summed E-state index contributed by atoms with van der Waals surface area (Å²) >= 11 is 0. The van der Waals surface area contributed by atoms with Crippen LogP contribution in [0.3, 0.4) is 0 Å². The number of piperazine rings is 1. The fourth-order valence-electron chi connectivity index (χ4n) is 2.67. The van der Waals surface area contributed by atoms with Gasteiger partial charge >= 0.3 is 5.97 Å². The third kappa shape index (κ3) is 3.52. The van der Waals surface area contributed by atoms with E-state index in [4.69, 9.17) is 10.8 Å². The zero-order valence-electron chi connectivity index (χ0n) is 14.2. The molecule has 0 atom stereocenters. The summed E-state index contributed by atoms with van der Waals surface area (Å²) in [6.07, 6.45) is 1.35. The molecule has 2 aromatic rings. The van der Waals surface area contributed by atoms with Crippen LogP contribution < -0.4 is 5.73 Å². The first-order chi connectivity index (χ1) is 12.3. The van der Waals surface area contributed by atoms with Gasteiger partial charge in [0.25, 0.3) is 0 Å². The number of rotatable bonds is 4. The Morgan fingerprint density at radius 1 is 1.15 bits per heavy atom. The summed E-state index contributed by atoms with van der Waals surface area (Å²) in [6.45, 7) is 2.28. The van der Waals surface area contributed by atoms with Crippen molar-refractivity contribution in [3.63, 3.8) is 0 Å². The van der Waals surface area contributed by atoms with E-state index in [9.17, 15) is 13.2 Å². The number of sulfonamides is 1. The van der Waals surface area contributed by atoms with Crippen molar-refractivity contribution in [2.75, 3.05) is 39.0 Å². The van der Waals surface area contributed by atoms with Crippen LogP contribution in [0, 0.1) is 0 Å². The van der Waals surface area contributed by atoms with Crippen molar-refractivity contribution in [2.45, 2.75) is 4.90 Å². The highest BCUT2D eigenvalue weighted by atomic mass is 32.2. The maximum atomic E-state index is 12.7. The van der Waals surface area contributed by atoms with Crippen molar-refractivity contribution in [3.8, 4) is 11.3 Å². The van der Waals surface area contributed by atoms with E-state index in [0.29, 0.717) is 37.4 Å². The van der Waals surface area contributed by atoms with Crippen molar-refractivity contribution in [1.29, 1.82) is 0 Å². The van der Waals surface area contributed by atoms with Crippen LogP contribution in [0.25, 0.3) is 11.3 Å². The SMILES string of the molecule is CN1CCN(S(=O)(=O)c2ccc(-c3cnc(N)c(C(=O)O)n3)cc2)CC1. The predicted octanol–water partition coefficient (Wildman–Crippen LogP) is 0.360. The number of nitrogens with zero attached hydrogens (tertiary/aromatic N) is 4. The van der Waals surface area contributed by atoms with E-state index in [-0.39, 0.29) is 16.4 Å². The molecule has 1 aromatic carbocycles. The molecule has 0 radical (unpaired) electrons. The lowest BCUT2D eigenvalue weighted by Crippen LogP contribution is -2.46. The Morgan fingerprint density at radius 3 is 2.35 bits per heavy atom. The Hall–Kier alpha value is -2.56. The first kappa shape index (κ1) is 18.2. The van der Waals surface area contributed by atoms with Crippen LogP contribution in [0.2, 0.25) is 0 Å². The Balaban J connectivity index is 1.87.